The van der Waals surface area contributed by atoms with Crippen LogP contribution in [0.3, 0.4) is 0 Å². The number of aliphatic carboxylic acids is 1. The summed E-state index contributed by atoms with van der Waals surface area (Å²) in [5.74, 6) is -1.14. The van der Waals surface area contributed by atoms with Crippen molar-refractivity contribution in [2.75, 3.05) is 0 Å². The van der Waals surface area contributed by atoms with E-state index in [9.17, 15) is 18.3 Å². The van der Waals surface area contributed by atoms with Gasteiger partial charge in [-0.1, -0.05) is 32.4 Å². The van der Waals surface area contributed by atoms with E-state index in [1.165, 1.54) is 6.07 Å². The first kappa shape index (κ1) is 14.5. The molecule has 0 aliphatic carbocycles. The summed E-state index contributed by atoms with van der Waals surface area (Å²) in [6.45, 7) is 3.64. The summed E-state index contributed by atoms with van der Waals surface area (Å²) in [4.78, 5) is 15.5. The third-order valence-corrected chi connectivity index (χ3v) is 4.76. The molecule has 2 atom stereocenters. The highest BCUT2D eigenvalue weighted by Gasteiger charge is 2.32. The lowest BCUT2D eigenvalue weighted by atomic mass is 10.00. The van der Waals surface area contributed by atoms with Crippen LogP contribution in [-0.2, 0) is 14.8 Å². The minimum absolute atomic E-state index is 0.105. The Hall–Kier alpha value is -1.89. The summed E-state index contributed by atoms with van der Waals surface area (Å²) in [5, 5.41) is 9.23. The first-order chi connectivity index (χ1) is 9.36. The van der Waals surface area contributed by atoms with Crippen LogP contribution in [0.15, 0.2) is 34.2 Å². The summed E-state index contributed by atoms with van der Waals surface area (Å²) >= 11 is 0. The van der Waals surface area contributed by atoms with E-state index in [-0.39, 0.29) is 16.6 Å². The Bertz CT molecular complexity index is 667. The molecule has 2 N–H and O–H groups in total. The van der Waals surface area contributed by atoms with Crippen LogP contribution in [0, 0.1) is 5.92 Å². The molecule has 2 rings (SSSR count). The summed E-state index contributed by atoms with van der Waals surface area (Å²) < 4.78 is 26.1. The summed E-state index contributed by atoms with van der Waals surface area (Å²) in [5.41, 5.74) is 0.419. The first-order valence-corrected chi connectivity index (χ1v) is 7.78. The average Bonchev–Trinajstić information content (AvgIpc) is 2.67. The van der Waals surface area contributed by atoms with E-state index in [1.807, 2.05) is 6.92 Å². The smallest absolute Gasteiger partial charge is 0.328 e. The predicted molar refractivity (Wildman–Crippen MR) is 74.2 cm³/mol. The van der Waals surface area contributed by atoms with Gasteiger partial charge in [-0.3, -0.25) is 9.71 Å². The standard InChI is InChI=1S/C13H16N2O4S/c1-3-8(2)11(13(16)17)14-12-9-6-4-5-7-10(9)20(18,19)15-12/h4-8,11H,3H2,1-2H3,(H,14,15)(H,16,17). The number of hydrogen-bond donors (Lipinski definition) is 2. The van der Waals surface area contributed by atoms with E-state index in [0.29, 0.717) is 12.0 Å². The molecule has 0 saturated heterocycles. The van der Waals surface area contributed by atoms with Gasteiger partial charge >= 0.3 is 5.97 Å². The molecule has 0 saturated carbocycles. The molecule has 0 aromatic heterocycles. The van der Waals surface area contributed by atoms with Gasteiger partial charge in [-0.15, -0.1) is 0 Å². The molecule has 1 aliphatic rings. The Labute approximate surface area is 117 Å². The van der Waals surface area contributed by atoms with E-state index in [2.05, 4.69) is 9.71 Å². The average molecular weight is 296 g/mol. The molecule has 1 heterocycles. The normalized spacial score (nSPS) is 21.0. The first-order valence-electron chi connectivity index (χ1n) is 6.29. The Morgan fingerprint density at radius 3 is 2.65 bits per heavy atom. The van der Waals surface area contributed by atoms with Crippen molar-refractivity contribution in [2.45, 2.75) is 31.2 Å². The zero-order valence-corrected chi connectivity index (χ0v) is 12.0. The molecule has 0 bridgehead atoms. The quantitative estimate of drug-likeness (QED) is 0.873. The number of carboxylic acid groups (broad SMARTS) is 1. The second kappa shape index (κ2) is 5.24. The molecule has 2 unspecified atom stereocenters. The Morgan fingerprint density at radius 2 is 2.05 bits per heavy atom. The maximum atomic E-state index is 11.9. The van der Waals surface area contributed by atoms with E-state index in [4.69, 9.17) is 0 Å². The molecule has 0 radical (unpaired) electrons. The third kappa shape index (κ3) is 2.53. The van der Waals surface area contributed by atoms with E-state index >= 15 is 0 Å². The zero-order valence-electron chi connectivity index (χ0n) is 11.2. The Morgan fingerprint density at radius 1 is 1.40 bits per heavy atom. The predicted octanol–water partition coefficient (Wildman–Crippen LogP) is 1.22. The summed E-state index contributed by atoms with van der Waals surface area (Å²) in [7, 11) is -3.63. The van der Waals surface area contributed by atoms with E-state index in [1.54, 1.807) is 25.1 Å². The number of aliphatic imine (C=N–C) groups is 1. The van der Waals surface area contributed by atoms with Crippen LogP contribution >= 0.6 is 0 Å². The van der Waals surface area contributed by atoms with Crippen molar-refractivity contribution < 1.29 is 18.3 Å². The number of nitrogens with zero attached hydrogens (tertiary/aromatic N) is 1. The van der Waals surface area contributed by atoms with Gasteiger partial charge in [0.1, 0.15) is 5.84 Å². The van der Waals surface area contributed by atoms with E-state index < -0.39 is 22.0 Å². The molecule has 1 aromatic rings. The van der Waals surface area contributed by atoms with Gasteiger partial charge in [0, 0.05) is 5.56 Å². The van der Waals surface area contributed by atoms with Gasteiger partial charge in [0.15, 0.2) is 6.04 Å². The summed E-state index contributed by atoms with van der Waals surface area (Å²) in [6, 6.07) is 5.42. The van der Waals surface area contributed by atoms with Crippen LogP contribution in [0.2, 0.25) is 0 Å². The fourth-order valence-electron chi connectivity index (χ4n) is 2.02. The maximum Gasteiger partial charge on any atom is 0.328 e. The van der Waals surface area contributed by atoms with Gasteiger partial charge in [0.05, 0.1) is 4.90 Å². The number of benzene rings is 1. The number of carbonyl (C=O) groups is 1. The fourth-order valence-corrected chi connectivity index (χ4v) is 3.26. The highest BCUT2D eigenvalue weighted by Crippen LogP contribution is 2.23. The molecular weight excluding hydrogens is 280 g/mol. The monoisotopic (exact) mass is 296 g/mol. The van der Waals surface area contributed by atoms with Crippen LogP contribution in [0.1, 0.15) is 25.8 Å². The molecule has 20 heavy (non-hydrogen) atoms. The second-order valence-corrected chi connectivity index (χ2v) is 6.40. The number of nitrogens with one attached hydrogen (secondary N) is 1. The van der Waals surface area contributed by atoms with Crippen molar-refractivity contribution in [3.63, 3.8) is 0 Å². The largest absolute Gasteiger partial charge is 0.480 e. The van der Waals surface area contributed by atoms with Crippen molar-refractivity contribution >= 4 is 21.8 Å². The van der Waals surface area contributed by atoms with Crippen molar-refractivity contribution in [3.05, 3.63) is 29.8 Å². The van der Waals surface area contributed by atoms with Gasteiger partial charge < -0.3 is 5.11 Å². The van der Waals surface area contributed by atoms with Gasteiger partial charge in [-0.05, 0) is 18.1 Å². The van der Waals surface area contributed by atoms with Gasteiger partial charge in [0.25, 0.3) is 10.0 Å². The van der Waals surface area contributed by atoms with Crippen molar-refractivity contribution in [2.24, 2.45) is 10.9 Å². The lowest BCUT2D eigenvalue weighted by Crippen LogP contribution is -2.30. The molecule has 0 amide bonds. The molecule has 1 aliphatic heterocycles. The molecule has 0 spiro atoms. The summed E-state index contributed by atoms with van der Waals surface area (Å²) in [6.07, 6.45) is 0.641. The zero-order chi connectivity index (χ0) is 14.9. The van der Waals surface area contributed by atoms with Crippen LogP contribution < -0.4 is 4.72 Å². The molecule has 7 heteroatoms. The van der Waals surface area contributed by atoms with Crippen LogP contribution in [-0.4, -0.2) is 31.4 Å². The molecule has 0 fully saturated rings. The SMILES string of the molecule is CCC(C)C(N=C1NS(=O)(=O)c2ccccc21)C(=O)O. The lowest BCUT2D eigenvalue weighted by Gasteiger charge is -2.15. The third-order valence-electron chi connectivity index (χ3n) is 3.37. The number of rotatable bonds is 4. The Kier molecular flexibility index (Phi) is 3.80. The number of hydrogen-bond acceptors (Lipinski definition) is 4. The minimum Gasteiger partial charge on any atom is -0.480 e. The van der Waals surface area contributed by atoms with Crippen molar-refractivity contribution in [1.29, 1.82) is 0 Å². The Balaban J connectivity index is 2.49. The van der Waals surface area contributed by atoms with Crippen LogP contribution in [0.25, 0.3) is 0 Å². The molecule has 6 nitrogen and oxygen atoms in total. The second-order valence-electron chi connectivity index (χ2n) is 4.75. The van der Waals surface area contributed by atoms with Gasteiger partial charge in [-0.25, -0.2) is 13.2 Å². The van der Waals surface area contributed by atoms with Gasteiger partial charge in [0.2, 0.25) is 0 Å². The molecule has 108 valence electrons. The highest BCUT2D eigenvalue weighted by molar-refractivity contribution is 7.90. The number of fused-ring (bicyclic) bond motifs is 1. The highest BCUT2D eigenvalue weighted by atomic mass is 32.2. The topological polar surface area (TPSA) is 95.8 Å². The maximum absolute atomic E-state index is 11.9. The van der Waals surface area contributed by atoms with Gasteiger partial charge in [-0.2, -0.15) is 0 Å². The number of sulfonamides is 1. The number of carboxylic acids is 1. The van der Waals surface area contributed by atoms with Crippen LogP contribution in [0.4, 0.5) is 0 Å². The van der Waals surface area contributed by atoms with Crippen LogP contribution in [0.5, 0.6) is 0 Å². The molecular formula is C13H16N2O4S. The van der Waals surface area contributed by atoms with E-state index in [0.717, 1.165) is 0 Å². The van der Waals surface area contributed by atoms with Crippen molar-refractivity contribution in [1.82, 2.24) is 4.72 Å². The number of amidine groups is 1. The van der Waals surface area contributed by atoms with Crippen molar-refractivity contribution in [3.8, 4) is 0 Å². The minimum atomic E-state index is -3.63. The fraction of sp³-hybridized carbons (Fsp3) is 0.385. The molecule has 1 aromatic carbocycles. The lowest BCUT2D eigenvalue weighted by molar-refractivity contribution is -0.139.